The normalized spacial score (nSPS) is 10.6. The number of carbonyl (C=O) groups is 2. The van der Waals surface area contributed by atoms with Gasteiger partial charge in [0.05, 0.1) is 6.54 Å². The van der Waals surface area contributed by atoms with Gasteiger partial charge in [-0.25, -0.2) is 4.79 Å². The zero-order valence-corrected chi connectivity index (χ0v) is 17.8. The number of unbranched alkanes of at least 4 members (excludes halogenated alkanes) is 1. The van der Waals surface area contributed by atoms with Crippen LogP contribution in [0.5, 0.6) is 5.75 Å². The van der Waals surface area contributed by atoms with E-state index in [0.29, 0.717) is 12.2 Å². The number of carboxylic acid groups (broad SMARTS) is 1. The molecule has 0 aliphatic rings. The van der Waals surface area contributed by atoms with E-state index in [-0.39, 0.29) is 17.2 Å². The number of nitrogens with zero attached hydrogens (tertiary/aromatic N) is 1. The fourth-order valence-corrected chi connectivity index (χ4v) is 3.48. The quantitative estimate of drug-likeness (QED) is 0.496. The second kappa shape index (κ2) is 9.94. The van der Waals surface area contributed by atoms with Crippen molar-refractivity contribution in [3.63, 3.8) is 0 Å². The number of aromatic carboxylic acids is 1. The number of aromatic hydroxyl groups is 1. The molecule has 0 aromatic heterocycles. The standard InChI is InChI=1S/C26H27NO4/c1-3-4-5-19-6-10-21(11-7-19)22-12-8-20(9-13-22)17-27(18(2)28)23-14-15-24(26(30)31)25(29)16-23/h6-16,29H,3-5,17H2,1-2H3,(H,30,31). The topological polar surface area (TPSA) is 77.8 Å². The molecular formula is C26H27NO4. The molecule has 0 spiro atoms. The van der Waals surface area contributed by atoms with Crippen molar-refractivity contribution in [2.45, 2.75) is 39.7 Å². The molecule has 5 heteroatoms. The highest BCUT2D eigenvalue weighted by Crippen LogP contribution is 2.27. The van der Waals surface area contributed by atoms with Gasteiger partial charge in [-0.15, -0.1) is 0 Å². The molecule has 0 heterocycles. The summed E-state index contributed by atoms with van der Waals surface area (Å²) >= 11 is 0. The van der Waals surface area contributed by atoms with Crippen molar-refractivity contribution in [2.24, 2.45) is 0 Å². The Morgan fingerprint density at radius 1 is 0.871 bits per heavy atom. The van der Waals surface area contributed by atoms with Crippen LogP contribution in [0.4, 0.5) is 5.69 Å². The molecule has 0 aliphatic carbocycles. The molecule has 3 rings (SSSR count). The van der Waals surface area contributed by atoms with Crippen LogP contribution in [0, 0.1) is 0 Å². The summed E-state index contributed by atoms with van der Waals surface area (Å²) in [5, 5.41) is 19.0. The summed E-state index contributed by atoms with van der Waals surface area (Å²) in [7, 11) is 0. The molecule has 0 atom stereocenters. The van der Waals surface area contributed by atoms with Gasteiger partial charge >= 0.3 is 5.97 Å². The van der Waals surface area contributed by atoms with E-state index in [1.807, 2.05) is 24.3 Å². The first kappa shape index (κ1) is 22.1. The Kier molecular flexibility index (Phi) is 7.08. The van der Waals surface area contributed by atoms with Crippen molar-refractivity contribution >= 4 is 17.6 Å². The Hall–Kier alpha value is -3.60. The molecule has 3 aromatic rings. The highest BCUT2D eigenvalue weighted by molar-refractivity contribution is 5.95. The molecular weight excluding hydrogens is 390 g/mol. The van der Waals surface area contributed by atoms with Crippen molar-refractivity contribution < 1.29 is 19.8 Å². The Morgan fingerprint density at radius 3 is 1.94 bits per heavy atom. The number of hydrogen-bond donors (Lipinski definition) is 2. The number of phenols is 1. The predicted octanol–water partition coefficient (Wildman–Crippen LogP) is 5.65. The van der Waals surface area contributed by atoms with E-state index in [4.69, 9.17) is 5.11 Å². The van der Waals surface area contributed by atoms with Gasteiger partial charge in [-0.1, -0.05) is 61.9 Å². The van der Waals surface area contributed by atoms with Crippen LogP contribution in [-0.4, -0.2) is 22.1 Å². The Bertz CT molecular complexity index is 1060. The van der Waals surface area contributed by atoms with Gasteiger partial charge in [0.1, 0.15) is 11.3 Å². The number of aryl methyl sites for hydroxylation is 1. The largest absolute Gasteiger partial charge is 0.507 e. The van der Waals surface area contributed by atoms with Crippen molar-refractivity contribution in [1.82, 2.24) is 0 Å². The summed E-state index contributed by atoms with van der Waals surface area (Å²) < 4.78 is 0. The number of carboxylic acids is 1. The van der Waals surface area contributed by atoms with E-state index in [9.17, 15) is 14.7 Å². The van der Waals surface area contributed by atoms with E-state index < -0.39 is 5.97 Å². The second-order valence-corrected chi connectivity index (χ2v) is 7.61. The first-order valence-electron chi connectivity index (χ1n) is 10.4. The fraction of sp³-hybridized carbons (Fsp3) is 0.231. The monoisotopic (exact) mass is 417 g/mol. The molecule has 0 aliphatic heterocycles. The summed E-state index contributed by atoms with van der Waals surface area (Å²) in [6, 6.07) is 20.7. The summed E-state index contributed by atoms with van der Waals surface area (Å²) in [6.45, 7) is 3.95. The molecule has 0 unspecified atom stereocenters. The van der Waals surface area contributed by atoms with E-state index in [0.717, 1.165) is 23.1 Å². The molecule has 0 saturated heterocycles. The highest BCUT2D eigenvalue weighted by atomic mass is 16.4. The number of anilines is 1. The minimum Gasteiger partial charge on any atom is -0.507 e. The number of benzene rings is 3. The van der Waals surface area contributed by atoms with E-state index in [2.05, 4.69) is 31.2 Å². The maximum absolute atomic E-state index is 12.2. The average Bonchev–Trinajstić information content (AvgIpc) is 2.76. The van der Waals surface area contributed by atoms with E-state index in [1.165, 1.54) is 48.4 Å². The van der Waals surface area contributed by atoms with Crippen LogP contribution in [0.25, 0.3) is 11.1 Å². The summed E-state index contributed by atoms with van der Waals surface area (Å²) in [4.78, 5) is 24.8. The molecule has 0 bridgehead atoms. The molecule has 3 aromatic carbocycles. The summed E-state index contributed by atoms with van der Waals surface area (Å²) in [5.74, 6) is -1.78. The average molecular weight is 418 g/mol. The molecule has 5 nitrogen and oxygen atoms in total. The highest BCUT2D eigenvalue weighted by Gasteiger charge is 2.16. The SMILES string of the molecule is CCCCc1ccc(-c2ccc(CN(C(C)=O)c3ccc(C(=O)O)c(O)c3)cc2)cc1. The lowest BCUT2D eigenvalue weighted by Gasteiger charge is -2.22. The molecule has 2 N–H and O–H groups in total. The molecule has 31 heavy (non-hydrogen) atoms. The molecule has 0 radical (unpaired) electrons. The predicted molar refractivity (Wildman–Crippen MR) is 122 cm³/mol. The smallest absolute Gasteiger partial charge is 0.339 e. The third-order valence-corrected chi connectivity index (χ3v) is 5.30. The lowest BCUT2D eigenvalue weighted by molar-refractivity contribution is -0.116. The van der Waals surface area contributed by atoms with Crippen molar-refractivity contribution in [2.75, 3.05) is 4.90 Å². The molecule has 0 fully saturated rings. The minimum absolute atomic E-state index is 0.197. The van der Waals surface area contributed by atoms with E-state index >= 15 is 0 Å². The zero-order valence-electron chi connectivity index (χ0n) is 17.8. The third kappa shape index (κ3) is 5.51. The van der Waals surface area contributed by atoms with Gasteiger partial charge in [-0.05, 0) is 47.2 Å². The molecule has 160 valence electrons. The number of amides is 1. The van der Waals surface area contributed by atoms with E-state index in [1.54, 1.807) is 0 Å². The fourth-order valence-electron chi connectivity index (χ4n) is 3.48. The zero-order chi connectivity index (χ0) is 22.4. The van der Waals surface area contributed by atoms with Gasteiger partial charge in [0.15, 0.2) is 0 Å². The third-order valence-electron chi connectivity index (χ3n) is 5.30. The number of hydrogen-bond acceptors (Lipinski definition) is 3. The lowest BCUT2D eigenvalue weighted by Crippen LogP contribution is -2.27. The summed E-state index contributed by atoms with van der Waals surface area (Å²) in [5.41, 5.74) is 4.77. The van der Waals surface area contributed by atoms with Gasteiger partial charge in [0.25, 0.3) is 0 Å². The van der Waals surface area contributed by atoms with Gasteiger partial charge in [0.2, 0.25) is 5.91 Å². The first-order chi connectivity index (χ1) is 14.9. The lowest BCUT2D eigenvalue weighted by atomic mass is 10.0. The van der Waals surface area contributed by atoms with Crippen LogP contribution >= 0.6 is 0 Å². The van der Waals surface area contributed by atoms with Crippen LogP contribution in [0.1, 0.15) is 48.2 Å². The maximum atomic E-state index is 12.2. The second-order valence-electron chi connectivity index (χ2n) is 7.61. The Labute approximate surface area is 182 Å². The van der Waals surface area contributed by atoms with Crippen molar-refractivity contribution in [1.29, 1.82) is 0 Å². The number of rotatable bonds is 8. The molecule has 0 saturated carbocycles. The Balaban J connectivity index is 1.76. The molecule has 1 amide bonds. The van der Waals surface area contributed by atoms with Gasteiger partial charge < -0.3 is 15.1 Å². The maximum Gasteiger partial charge on any atom is 0.339 e. The van der Waals surface area contributed by atoms with Crippen LogP contribution in [0.3, 0.4) is 0 Å². The van der Waals surface area contributed by atoms with Crippen molar-refractivity contribution in [3.8, 4) is 16.9 Å². The summed E-state index contributed by atoms with van der Waals surface area (Å²) in [6.07, 6.45) is 3.47. The number of carbonyl (C=O) groups excluding carboxylic acids is 1. The van der Waals surface area contributed by atoms with Gasteiger partial charge in [0, 0.05) is 18.7 Å². The first-order valence-corrected chi connectivity index (χ1v) is 10.4. The van der Waals surface area contributed by atoms with Crippen LogP contribution in [-0.2, 0) is 17.8 Å². The van der Waals surface area contributed by atoms with Crippen LogP contribution in [0.2, 0.25) is 0 Å². The van der Waals surface area contributed by atoms with Gasteiger partial charge in [-0.3, -0.25) is 4.79 Å². The Morgan fingerprint density at radius 2 is 1.45 bits per heavy atom. The van der Waals surface area contributed by atoms with Crippen LogP contribution < -0.4 is 4.90 Å². The van der Waals surface area contributed by atoms with Crippen molar-refractivity contribution in [3.05, 3.63) is 83.4 Å². The van der Waals surface area contributed by atoms with Gasteiger partial charge in [-0.2, -0.15) is 0 Å². The minimum atomic E-state index is -1.22. The van der Waals surface area contributed by atoms with Crippen LogP contribution in [0.15, 0.2) is 66.7 Å².